The highest BCUT2D eigenvalue weighted by Gasteiger charge is 2.40. The monoisotopic (exact) mass is 307 g/mol. The summed E-state index contributed by atoms with van der Waals surface area (Å²) in [7, 11) is 0. The lowest BCUT2D eigenvalue weighted by Crippen LogP contribution is -2.44. The van der Waals surface area contributed by atoms with Gasteiger partial charge < -0.3 is 14.7 Å². The topological polar surface area (TPSA) is 66.8 Å². The summed E-state index contributed by atoms with van der Waals surface area (Å²) in [4.78, 5) is 25.4. The van der Waals surface area contributed by atoms with E-state index in [1.54, 1.807) is 30.3 Å². The van der Waals surface area contributed by atoms with Crippen LogP contribution in [0.4, 0.5) is 0 Å². The zero-order chi connectivity index (χ0) is 15.4. The third-order valence-corrected chi connectivity index (χ3v) is 4.43. The zero-order valence-corrected chi connectivity index (χ0v) is 12.5. The molecule has 1 N–H and O–H groups in total. The second-order valence-corrected chi connectivity index (χ2v) is 5.94. The van der Waals surface area contributed by atoms with Crippen molar-refractivity contribution in [1.82, 2.24) is 4.90 Å². The molecule has 1 heterocycles. The van der Waals surface area contributed by atoms with Crippen LogP contribution in [-0.4, -0.2) is 45.7 Å². The molecule has 1 saturated heterocycles. The third kappa shape index (κ3) is 3.21. The van der Waals surface area contributed by atoms with Gasteiger partial charge in [-0.15, -0.1) is 11.8 Å². The van der Waals surface area contributed by atoms with E-state index in [0.29, 0.717) is 17.1 Å². The molecule has 1 aromatic carbocycles. The average Bonchev–Trinajstić information content (AvgIpc) is 2.86. The average molecular weight is 307 g/mol. The van der Waals surface area contributed by atoms with E-state index in [9.17, 15) is 14.7 Å². The Kier molecular flexibility index (Phi) is 4.90. The Morgan fingerprint density at radius 1 is 1.52 bits per heavy atom. The number of benzene rings is 1. The largest absolute Gasteiger partial charge is 0.489 e. The van der Waals surface area contributed by atoms with E-state index in [4.69, 9.17) is 4.74 Å². The summed E-state index contributed by atoms with van der Waals surface area (Å²) in [5, 5.41) is 9.08. The minimum Gasteiger partial charge on any atom is -0.489 e. The fraction of sp³-hybridized carbons (Fsp3) is 0.333. The molecule has 2 unspecified atom stereocenters. The highest BCUT2D eigenvalue weighted by molar-refractivity contribution is 8.00. The molecule has 0 saturated carbocycles. The highest BCUT2D eigenvalue weighted by atomic mass is 32.2. The molecule has 1 aliphatic heterocycles. The number of amides is 1. The molecule has 5 nitrogen and oxygen atoms in total. The van der Waals surface area contributed by atoms with Gasteiger partial charge in [-0.2, -0.15) is 0 Å². The highest BCUT2D eigenvalue weighted by Crippen LogP contribution is 2.32. The Morgan fingerprint density at radius 3 is 2.90 bits per heavy atom. The molecule has 0 aliphatic carbocycles. The number of carboxylic acids is 1. The van der Waals surface area contributed by atoms with Gasteiger partial charge in [0.1, 0.15) is 18.4 Å². The van der Waals surface area contributed by atoms with Gasteiger partial charge in [0, 0.05) is 5.75 Å². The Balaban J connectivity index is 2.30. The maximum Gasteiger partial charge on any atom is 0.327 e. The summed E-state index contributed by atoms with van der Waals surface area (Å²) >= 11 is 1.46. The maximum atomic E-state index is 12.7. The molecule has 0 spiro atoms. The lowest BCUT2D eigenvalue weighted by molar-refractivity contribution is -0.141. The van der Waals surface area contributed by atoms with E-state index < -0.39 is 12.0 Å². The number of para-hydroxylation sites is 1. The van der Waals surface area contributed by atoms with Crippen LogP contribution in [0.3, 0.4) is 0 Å². The van der Waals surface area contributed by atoms with E-state index in [-0.39, 0.29) is 17.9 Å². The molecule has 2 rings (SSSR count). The molecule has 1 fully saturated rings. The van der Waals surface area contributed by atoms with E-state index >= 15 is 0 Å². The van der Waals surface area contributed by atoms with E-state index in [1.807, 2.05) is 6.92 Å². The van der Waals surface area contributed by atoms with Gasteiger partial charge in [-0.3, -0.25) is 4.79 Å². The van der Waals surface area contributed by atoms with Gasteiger partial charge in [0.05, 0.1) is 10.9 Å². The number of carbonyl (C=O) groups is 2. The molecular weight excluding hydrogens is 290 g/mol. The van der Waals surface area contributed by atoms with Gasteiger partial charge in [0.15, 0.2) is 0 Å². The summed E-state index contributed by atoms with van der Waals surface area (Å²) in [6.07, 6.45) is 1.59. The van der Waals surface area contributed by atoms with Gasteiger partial charge in [0.25, 0.3) is 5.91 Å². The van der Waals surface area contributed by atoms with Crippen molar-refractivity contribution in [3.8, 4) is 5.75 Å². The van der Waals surface area contributed by atoms with E-state index in [0.717, 1.165) is 0 Å². The number of carbonyl (C=O) groups excluding carboxylic acids is 1. The van der Waals surface area contributed by atoms with Crippen molar-refractivity contribution in [1.29, 1.82) is 0 Å². The predicted molar refractivity (Wildman–Crippen MR) is 81.6 cm³/mol. The first-order valence-electron chi connectivity index (χ1n) is 6.56. The molecule has 112 valence electrons. The first kappa shape index (κ1) is 15.4. The maximum absolute atomic E-state index is 12.7. The number of carboxylic acid groups (broad SMARTS) is 1. The Morgan fingerprint density at radius 2 is 2.24 bits per heavy atom. The lowest BCUT2D eigenvalue weighted by atomic mass is 10.1. The van der Waals surface area contributed by atoms with Gasteiger partial charge in [-0.25, -0.2) is 4.79 Å². The Labute approximate surface area is 127 Å². The van der Waals surface area contributed by atoms with Crippen LogP contribution in [0, 0.1) is 0 Å². The van der Waals surface area contributed by atoms with Crippen LogP contribution < -0.4 is 4.74 Å². The molecule has 6 heteroatoms. The third-order valence-electron chi connectivity index (χ3n) is 3.22. The van der Waals surface area contributed by atoms with Gasteiger partial charge in [0.2, 0.25) is 0 Å². The Hall–Kier alpha value is -1.95. The van der Waals surface area contributed by atoms with Crippen molar-refractivity contribution < 1.29 is 19.4 Å². The number of hydrogen-bond acceptors (Lipinski definition) is 4. The van der Waals surface area contributed by atoms with Gasteiger partial charge in [-0.1, -0.05) is 24.8 Å². The number of nitrogens with zero attached hydrogens (tertiary/aromatic N) is 1. The van der Waals surface area contributed by atoms with Crippen molar-refractivity contribution in [3.63, 3.8) is 0 Å². The van der Waals surface area contributed by atoms with Crippen LogP contribution in [0.5, 0.6) is 5.75 Å². The molecular formula is C15H17NO4S. The van der Waals surface area contributed by atoms with Crippen LogP contribution in [-0.2, 0) is 4.79 Å². The molecule has 1 aromatic rings. The van der Waals surface area contributed by atoms with E-state index in [1.165, 1.54) is 16.7 Å². The molecule has 0 bridgehead atoms. The van der Waals surface area contributed by atoms with E-state index in [2.05, 4.69) is 6.58 Å². The quantitative estimate of drug-likeness (QED) is 0.845. The van der Waals surface area contributed by atoms with Crippen molar-refractivity contribution in [3.05, 3.63) is 42.5 Å². The summed E-state index contributed by atoms with van der Waals surface area (Å²) in [5.41, 5.74) is 0.375. The van der Waals surface area contributed by atoms with Crippen molar-refractivity contribution >= 4 is 23.6 Å². The molecule has 0 aromatic heterocycles. The number of thioether (sulfide) groups is 1. The second-order valence-electron chi connectivity index (χ2n) is 4.59. The predicted octanol–water partition coefficient (Wildman–Crippen LogP) is 2.24. The SMILES string of the molecule is C=CCOc1ccccc1C(=O)N1C(C)SCC1C(=O)O. The smallest absolute Gasteiger partial charge is 0.327 e. The van der Waals surface area contributed by atoms with Crippen molar-refractivity contribution in [2.45, 2.75) is 18.3 Å². The molecule has 0 radical (unpaired) electrons. The number of aliphatic carboxylic acids is 1. The zero-order valence-electron chi connectivity index (χ0n) is 11.7. The minimum atomic E-state index is -0.982. The lowest BCUT2D eigenvalue weighted by Gasteiger charge is -2.25. The van der Waals surface area contributed by atoms with Crippen LogP contribution in [0.25, 0.3) is 0 Å². The fourth-order valence-electron chi connectivity index (χ4n) is 2.20. The summed E-state index contributed by atoms with van der Waals surface area (Å²) in [5.74, 6) is -0.460. The van der Waals surface area contributed by atoms with Gasteiger partial charge in [-0.05, 0) is 19.1 Å². The summed E-state index contributed by atoms with van der Waals surface area (Å²) in [6.45, 7) is 5.69. The summed E-state index contributed by atoms with van der Waals surface area (Å²) < 4.78 is 5.48. The standard InChI is InChI=1S/C15H17NO4S/c1-3-8-20-13-7-5-4-6-11(13)14(17)16-10(2)21-9-12(16)15(18)19/h3-7,10,12H,1,8-9H2,2H3,(H,18,19). The van der Waals surface area contributed by atoms with Crippen LogP contribution in [0.2, 0.25) is 0 Å². The molecule has 1 amide bonds. The molecule has 1 aliphatic rings. The van der Waals surface area contributed by atoms with Crippen molar-refractivity contribution in [2.24, 2.45) is 0 Å². The number of rotatable bonds is 5. The second kappa shape index (κ2) is 6.67. The molecule has 21 heavy (non-hydrogen) atoms. The number of hydrogen-bond donors (Lipinski definition) is 1. The summed E-state index contributed by atoms with van der Waals surface area (Å²) in [6, 6.07) is 6.05. The Bertz CT molecular complexity index is 560. The van der Waals surface area contributed by atoms with Gasteiger partial charge >= 0.3 is 5.97 Å². The normalized spacial score (nSPS) is 21.1. The first-order chi connectivity index (χ1) is 10.1. The first-order valence-corrected chi connectivity index (χ1v) is 7.61. The molecule has 2 atom stereocenters. The van der Waals surface area contributed by atoms with Crippen LogP contribution >= 0.6 is 11.8 Å². The van der Waals surface area contributed by atoms with Crippen LogP contribution in [0.1, 0.15) is 17.3 Å². The minimum absolute atomic E-state index is 0.175. The number of ether oxygens (including phenoxy) is 1. The van der Waals surface area contributed by atoms with Crippen LogP contribution in [0.15, 0.2) is 36.9 Å². The fourth-order valence-corrected chi connectivity index (χ4v) is 3.37. The van der Waals surface area contributed by atoms with Crippen molar-refractivity contribution in [2.75, 3.05) is 12.4 Å².